The fraction of sp³-hybridized carbons (Fsp3) is 0.526. The molecule has 2 rings (SSSR count). The van der Waals surface area contributed by atoms with E-state index in [9.17, 15) is 0 Å². The predicted molar refractivity (Wildman–Crippen MR) is 120 cm³/mol. The number of hydrogen-bond donors (Lipinski definition) is 1. The highest BCUT2D eigenvalue weighted by atomic mass is 127. The van der Waals surface area contributed by atoms with E-state index >= 15 is 0 Å². The average molecular weight is 486 g/mol. The molecular weight excluding hydrogens is 455 g/mol. The Bertz CT molecular complexity index is 703. The van der Waals surface area contributed by atoms with E-state index in [0.29, 0.717) is 13.2 Å². The van der Waals surface area contributed by atoms with E-state index in [1.54, 1.807) is 6.33 Å². The highest BCUT2D eigenvalue weighted by Gasteiger charge is 2.07. The number of nitrogens with zero attached hydrogens (tertiary/aromatic N) is 5. The molecule has 0 aliphatic carbocycles. The second-order valence-electron chi connectivity index (χ2n) is 6.07. The van der Waals surface area contributed by atoms with Crippen molar-refractivity contribution in [2.45, 2.75) is 33.7 Å². The summed E-state index contributed by atoms with van der Waals surface area (Å²) in [5.41, 5.74) is 1.15. The largest absolute Gasteiger partial charge is 0.491 e. The monoisotopic (exact) mass is 486 g/mol. The van der Waals surface area contributed by atoms with Gasteiger partial charge in [0.2, 0.25) is 0 Å². The number of halogens is 1. The van der Waals surface area contributed by atoms with Crippen LogP contribution in [-0.2, 0) is 13.0 Å². The highest BCUT2D eigenvalue weighted by Crippen LogP contribution is 2.15. The zero-order valence-corrected chi connectivity index (χ0v) is 19.0. The molecule has 0 bridgehead atoms. The zero-order valence-electron chi connectivity index (χ0n) is 16.7. The fourth-order valence-corrected chi connectivity index (χ4v) is 2.59. The molecule has 0 aliphatic rings. The third kappa shape index (κ3) is 7.36. The molecule has 2 aromatic rings. The van der Waals surface area contributed by atoms with Crippen molar-refractivity contribution in [3.8, 4) is 5.75 Å². The van der Waals surface area contributed by atoms with Gasteiger partial charge in [-0.05, 0) is 25.5 Å². The molecule has 150 valence electrons. The van der Waals surface area contributed by atoms with Gasteiger partial charge in [-0.25, -0.2) is 0 Å². The van der Waals surface area contributed by atoms with Gasteiger partial charge in [-0.15, -0.1) is 34.2 Å². The predicted octanol–water partition coefficient (Wildman–Crippen LogP) is 2.74. The molecule has 0 spiro atoms. The Morgan fingerprint density at radius 1 is 1.30 bits per heavy atom. The standard InChI is InChI=1S/C19H30N6O.HI/c1-5-18-23-22-15-25(18)12-11-21-19(20-6-2)24(4)13-14-26-17-10-8-7-9-16(17)3;/h7-10,15H,5-6,11-14H2,1-4H3,(H,20,21);1H. The molecule has 27 heavy (non-hydrogen) atoms. The number of guanidine groups is 1. The third-order valence-electron chi connectivity index (χ3n) is 4.09. The molecule has 0 atom stereocenters. The first-order valence-corrected chi connectivity index (χ1v) is 9.20. The van der Waals surface area contributed by atoms with E-state index in [1.807, 2.05) is 29.8 Å². The number of aliphatic imine (C=N–C) groups is 1. The lowest BCUT2D eigenvalue weighted by Crippen LogP contribution is -2.41. The van der Waals surface area contributed by atoms with Crippen LogP contribution < -0.4 is 10.1 Å². The van der Waals surface area contributed by atoms with Crippen LogP contribution in [0.25, 0.3) is 0 Å². The summed E-state index contributed by atoms with van der Waals surface area (Å²) in [4.78, 5) is 6.80. The number of aryl methyl sites for hydroxylation is 2. The first-order valence-electron chi connectivity index (χ1n) is 9.20. The number of aromatic nitrogens is 3. The zero-order chi connectivity index (χ0) is 18.8. The molecular formula is C19H31IN6O. The van der Waals surface area contributed by atoms with Crippen LogP contribution in [0, 0.1) is 6.92 Å². The maximum absolute atomic E-state index is 5.88. The van der Waals surface area contributed by atoms with Crippen molar-refractivity contribution >= 4 is 29.9 Å². The molecule has 1 heterocycles. The minimum absolute atomic E-state index is 0. The number of rotatable bonds is 9. The van der Waals surface area contributed by atoms with Crippen LogP contribution in [0.1, 0.15) is 25.2 Å². The molecule has 8 heteroatoms. The van der Waals surface area contributed by atoms with Crippen LogP contribution in [0.15, 0.2) is 35.6 Å². The van der Waals surface area contributed by atoms with Gasteiger partial charge < -0.3 is 19.5 Å². The van der Waals surface area contributed by atoms with Gasteiger partial charge in [-0.2, -0.15) is 0 Å². The molecule has 7 nitrogen and oxygen atoms in total. The summed E-state index contributed by atoms with van der Waals surface area (Å²) in [6, 6.07) is 8.07. The van der Waals surface area contributed by atoms with Crippen molar-refractivity contribution in [3.63, 3.8) is 0 Å². The number of likely N-dealkylation sites (N-methyl/N-ethyl adjacent to an activating group) is 1. The quantitative estimate of drug-likeness (QED) is 0.336. The second kappa shape index (κ2) is 12.5. The topological polar surface area (TPSA) is 67.6 Å². The number of hydrogen-bond acceptors (Lipinski definition) is 4. The minimum atomic E-state index is 0. The molecule has 1 N–H and O–H groups in total. The van der Waals surface area contributed by atoms with E-state index in [2.05, 4.69) is 47.3 Å². The van der Waals surface area contributed by atoms with Crippen molar-refractivity contribution < 1.29 is 4.74 Å². The molecule has 0 unspecified atom stereocenters. The lowest BCUT2D eigenvalue weighted by molar-refractivity contribution is 0.280. The normalized spacial score (nSPS) is 11.0. The highest BCUT2D eigenvalue weighted by molar-refractivity contribution is 14.0. The average Bonchev–Trinajstić information content (AvgIpc) is 3.10. The molecule has 0 radical (unpaired) electrons. The first kappa shape index (κ1) is 23.2. The van der Waals surface area contributed by atoms with Gasteiger partial charge in [-0.1, -0.05) is 25.1 Å². The van der Waals surface area contributed by atoms with E-state index in [4.69, 9.17) is 9.73 Å². The van der Waals surface area contributed by atoms with Crippen LogP contribution in [0.3, 0.4) is 0 Å². The van der Waals surface area contributed by atoms with Gasteiger partial charge in [0.1, 0.15) is 24.5 Å². The van der Waals surface area contributed by atoms with Crippen LogP contribution in [-0.4, -0.2) is 58.9 Å². The Morgan fingerprint density at radius 3 is 2.78 bits per heavy atom. The molecule has 1 aromatic heterocycles. The second-order valence-corrected chi connectivity index (χ2v) is 6.07. The van der Waals surface area contributed by atoms with Crippen LogP contribution in [0.2, 0.25) is 0 Å². The fourth-order valence-electron chi connectivity index (χ4n) is 2.59. The van der Waals surface area contributed by atoms with Gasteiger partial charge in [0.05, 0.1) is 13.1 Å². The van der Waals surface area contributed by atoms with Crippen molar-refractivity contribution in [2.75, 3.05) is 33.3 Å². The molecule has 0 fully saturated rings. The molecule has 1 aromatic carbocycles. The molecule has 0 saturated heterocycles. The smallest absolute Gasteiger partial charge is 0.193 e. The summed E-state index contributed by atoms with van der Waals surface area (Å²) in [5, 5.41) is 11.4. The van der Waals surface area contributed by atoms with Crippen molar-refractivity contribution in [2.24, 2.45) is 4.99 Å². The summed E-state index contributed by atoms with van der Waals surface area (Å²) in [6.45, 7) is 9.85. The molecule has 0 amide bonds. The summed E-state index contributed by atoms with van der Waals surface area (Å²) in [7, 11) is 2.03. The van der Waals surface area contributed by atoms with E-state index < -0.39 is 0 Å². The van der Waals surface area contributed by atoms with Gasteiger partial charge in [-0.3, -0.25) is 4.99 Å². The lowest BCUT2D eigenvalue weighted by Gasteiger charge is -2.22. The van der Waals surface area contributed by atoms with E-state index in [0.717, 1.165) is 49.2 Å². The van der Waals surface area contributed by atoms with Gasteiger partial charge in [0.15, 0.2) is 5.96 Å². The number of nitrogens with one attached hydrogen (secondary N) is 1. The number of benzene rings is 1. The summed E-state index contributed by atoms with van der Waals surface area (Å²) < 4.78 is 7.93. The van der Waals surface area contributed by atoms with Gasteiger partial charge >= 0.3 is 0 Å². The summed E-state index contributed by atoms with van der Waals surface area (Å²) in [6.07, 6.45) is 2.64. The Morgan fingerprint density at radius 2 is 2.07 bits per heavy atom. The maximum Gasteiger partial charge on any atom is 0.193 e. The molecule has 0 aliphatic heterocycles. The van der Waals surface area contributed by atoms with Crippen LogP contribution in [0.5, 0.6) is 5.75 Å². The Balaban J connectivity index is 0.00000364. The number of para-hydroxylation sites is 1. The Labute approximate surface area is 179 Å². The summed E-state index contributed by atoms with van der Waals surface area (Å²) >= 11 is 0. The lowest BCUT2D eigenvalue weighted by atomic mass is 10.2. The SMILES string of the molecule is CCNC(=NCCn1cnnc1CC)N(C)CCOc1ccccc1C.I. The van der Waals surface area contributed by atoms with Crippen molar-refractivity contribution in [1.29, 1.82) is 0 Å². The maximum atomic E-state index is 5.88. The van der Waals surface area contributed by atoms with Crippen LogP contribution >= 0.6 is 24.0 Å². The summed E-state index contributed by atoms with van der Waals surface area (Å²) in [5.74, 6) is 2.81. The number of ether oxygens (including phenoxy) is 1. The van der Waals surface area contributed by atoms with Crippen molar-refractivity contribution in [1.82, 2.24) is 25.0 Å². The first-order chi connectivity index (χ1) is 12.7. The van der Waals surface area contributed by atoms with E-state index in [-0.39, 0.29) is 24.0 Å². The van der Waals surface area contributed by atoms with E-state index in [1.165, 1.54) is 0 Å². The Kier molecular flexibility index (Phi) is 10.8. The van der Waals surface area contributed by atoms with Gasteiger partial charge in [0, 0.05) is 26.6 Å². The molecule has 0 saturated carbocycles. The van der Waals surface area contributed by atoms with Gasteiger partial charge in [0.25, 0.3) is 0 Å². The minimum Gasteiger partial charge on any atom is -0.491 e. The van der Waals surface area contributed by atoms with Crippen LogP contribution in [0.4, 0.5) is 0 Å². The Hall–Kier alpha value is -1.84. The third-order valence-corrected chi connectivity index (χ3v) is 4.09. The van der Waals surface area contributed by atoms with Crippen molar-refractivity contribution in [3.05, 3.63) is 42.0 Å².